The van der Waals surface area contributed by atoms with Crippen molar-refractivity contribution < 1.29 is 8.78 Å². The standard InChI is InChI=1S/C18H16F2N2S/c1-10-4-5-11(2)16(8-10)21-18-22-17(12(3)23-18)13-6-7-14(19)15(20)9-13/h4-9H,1-3H3,(H,21,22). The van der Waals surface area contributed by atoms with E-state index in [-0.39, 0.29) is 0 Å². The van der Waals surface area contributed by atoms with Crippen LogP contribution in [0, 0.1) is 32.4 Å². The molecular weight excluding hydrogens is 314 g/mol. The third-order valence-electron chi connectivity index (χ3n) is 3.62. The van der Waals surface area contributed by atoms with Gasteiger partial charge in [0.25, 0.3) is 0 Å². The van der Waals surface area contributed by atoms with Crippen molar-refractivity contribution in [2.45, 2.75) is 20.8 Å². The molecule has 0 aliphatic carbocycles. The fourth-order valence-electron chi connectivity index (χ4n) is 2.35. The Kier molecular flexibility index (Phi) is 4.13. The zero-order valence-electron chi connectivity index (χ0n) is 13.1. The van der Waals surface area contributed by atoms with Gasteiger partial charge in [-0.05, 0) is 56.2 Å². The summed E-state index contributed by atoms with van der Waals surface area (Å²) in [5.41, 5.74) is 4.52. The van der Waals surface area contributed by atoms with Gasteiger partial charge < -0.3 is 5.32 Å². The Bertz CT molecular complexity index is 871. The Morgan fingerprint density at radius 3 is 2.48 bits per heavy atom. The second-order valence-corrected chi connectivity index (χ2v) is 6.70. The SMILES string of the molecule is Cc1ccc(C)c(Nc2nc(-c3ccc(F)c(F)c3)c(C)s2)c1. The smallest absolute Gasteiger partial charge is 0.187 e. The van der Waals surface area contributed by atoms with Crippen molar-refractivity contribution in [3.05, 3.63) is 64.0 Å². The van der Waals surface area contributed by atoms with Gasteiger partial charge in [-0.15, -0.1) is 11.3 Å². The Labute approximate surface area is 137 Å². The van der Waals surface area contributed by atoms with Crippen LogP contribution in [0.4, 0.5) is 19.6 Å². The molecule has 0 aliphatic heterocycles. The van der Waals surface area contributed by atoms with Gasteiger partial charge in [0.15, 0.2) is 16.8 Å². The minimum atomic E-state index is -0.862. The van der Waals surface area contributed by atoms with E-state index in [1.807, 2.05) is 26.8 Å². The summed E-state index contributed by atoms with van der Waals surface area (Å²) in [6, 6.07) is 10.0. The van der Waals surface area contributed by atoms with Gasteiger partial charge >= 0.3 is 0 Å². The van der Waals surface area contributed by atoms with Crippen LogP contribution in [-0.2, 0) is 0 Å². The summed E-state index contributed by atoms with van der Waals surface area (Å²) in [4.78, 5) is 5.48. The minimum Gasteiger partial charge on any atom is -0.331 e. The molecule has 0 unspecified atom stereocenters. The molecule has 0 atom stereocenters. The summed E-state index contributed by atoms with van der Waals surface area (Å²) >= 11 is 1.49. The first-order valence-electron chi connectivity index (χ1n) is 7.21. The molecule has 0 saturated carbocycles. The summed E-state index contributed by atoms with van der Waals surface area (Å²) in [6.45, 7) is 5.98. The number of nitrogens with one attached hydrogen (secondary N) is 1. The Morgan fingerprint density at radius 2 is 1.74 bits per heavy atom. The highest BCUT2D eigenvalue weighted by Crippen LogP contribution is 2.33. The van der Waals surface area contributed by atoms with Gasteiger partial charge in [0, 0.05) is 16.1 Å². The van der Waals surface area contributed by atoms with Crippen molar-refractivity contribution in [2.24, 2.45) is 0 Å². The molecule has 5 heteroatoms. The average Bonchev–Trinajstić information content (AvgIpc) is 2.86. The largest absolute Gasteiger partial charge is 0.331 e. The zero-order chi connectivity index (χ0) is 16.6. The molecule has 1 aromatic heterocycles. The molecule has 3 aromatic rings. The second kappa shape index (κ2) is 6.08. The Morgan fingerprint density at radius 1 is 0.957 bits per heavy atom. The number of rotatable bonds is 3. The molecule has 2 nitrogen and oxygen atoms in total. The molecule has 0 saturated heterocycles. The monoisotopic (exact) mass is 330 g/mol. The van der Waals surface area contributed by atoms with Crippen molar-refractivity contribution >= 4 is 22.2 Å². The lowest BCUT2D eigenvalue weighted by Crippen LogP contribution is -1.93. The minimum absolute atomic E-state index is 0.576. The lowest BCUT2D eigenvalue weighted by molar-refractivity contribution is 0.509. The van der Waals surface area contributed by atoms with Gasteiger partial charge in [-0.3, -0.25) is 0 Å². The maximum absolute atomic E-state index is 13.4. The molecule has 1 heterocycles. The number of halogens is 2. The number of thiazole rings is 1. The van der Waals surface area contributed by atoms with Gasteiger partial charge in [0.05, 0.1) is 5.69 Å². The van der Waals surface area contributed by atoms with Crippen molar-refractivity contribution in [3.8, 4) is 11.3 Å². The van der Waals surface area contributed by atoms with Gasteiger partial charge in [-0.25, -0.2) is 13.8 Å². The molecule has 1 N–H and O–H groups in total. The van der Waals surface area contributed by atoms with Crippen LogP contribution >= 0.6 is 11.3 Å². The molecule has 0 bridgehead atoms. The summed E-state index contributed by atoms with van der Waals surface area (Å²) in [5, 5.41) is 4.04. The fourth-order valence-corrected chi connectivity index (χ4v) is 3.19. The van der Waals surface area contributed by atoms with Crippen molar-refractivity contribution in [1.29, 1.82) is 0 Å². The molecule has 0 aliphatic rings. The second-order valence-electron chi connectivity index (χ2n) is 5.50. The first kappa shape index (κ1) is 15.6. The molecule has 0 radical (unpaired) electrons. The van der Waals surface area contributed by atoms with E-state index in [1.54, 1.807) is 6.07 Å². The topological polar surface area (TPSA) is 24.9 Å². The summed E-state index contributed by atoms with van der Waals surface area (Å²) in [6.07, 6.45) is 0. The summed E-state index contributed by atoms with van der Waals surface area (Å²) < 4.78 is 26.5. The number of anilines is 2. The Balaban J connectivity index is 1.94. The van der Waals surface area contributed by atoms with Crippen LogP contribution in [0.5, 0.6) is 0 Å². The number of hydrogen-bond donors (Lipinski definition) is 1. The van der Waals surface area contributed by atoms with E-state index in [1.165, 1.54) is 17.4 Å². The van der Waals surface area contributed by atoms with Crippen LogP contribution in [-0.4, -0.2) is 4.98 Å². The van der Waals surface area contributed by atoms with Crippen molar-refractivity contribution in [2.75, 3.05) is 5.32 Å². The highest BCUT2D eigenvalue weighted by Gasteiger charge is 2.13. The van der Waals surface area contributed by atoms with Gasteiger partial charge in [0.2, 0.25) is 0 Å². The average molecular weight is 330 g/mol. The highest BCUT2D eigenvalue weighted by atomic mass is 32.1. The fraction of sp³-hybridized carbons (Fsp3) is 0.167. The van der Waals surface area contributed by atoms with Crippen LogP contribution in [0.2, 0.25) is 0 Å². The molecule has 23 heavy (non-hydrogen) atoms. The molecule has 0 spiro atoms. The van der Waals surface area contributed by atoms with Crippen LogP contribution in [0.3, 0.4) is 0 Å². The van der Waals surface area contributed by atoms with Gasteiger partial charge in [0.1, 0.15) is 0 Å². The molecular formula is C18H16F2N2S. The maximum Gasteiger partial charge on any atom is 0.187 e. The molecule has 2 aromatic carbocycles. The van der Waals surface area contributed by atoms with Crippen LogP contribution in [0.1, 0.15) is 16.0 Å². The predicted molar refractivity (Wildman–Crippen MR) is 91.4 cm³/mol. The van der Waals surface area contributed by atoms with E-state index in [9.17, 15) is 8.78 Å². The van der Waals surface area contributed by atoms with Crippen LogP contribution in [0.15, 0.2) is 36.4 Å². The molecule has 3 rings (SSSR count). The number of aromatic nitrogens is 1. The number of hydrogen-bond acceptors (Lipinski definition) is 3. The lowest BCUT2D eigenvalue weighted by Gasteiger charge is -2.07. The van der Waals surface area contributed by atoms with Gasteiger partial charge in [-0.1, -0.05) is 12.1 Å². The maximum atomic E-state index is 13.4. The molecule has 118 valence electrons. The highest BCUT2D eigenvalue weighted by molar-refractivity contribution is 7.16. The summed E-state index contributed by atoms with van der Waals surface area (Å²) in [7, 11) is 0. The number of benzene rings is 2. The first-order valence-corrected chi connectivity index (χ1v) is 8.03. The van der Waals surface area contributed by atoms with Crippen LogP contribution in [0.25, 0.3) is 11.3 Å². The van der Waals surface area contributed by atoms with E-state index in [0.717, 1.165) is 32.9 Å². The van der Waals surface area contributed by atoms with Crippen molar-refractivity contribution in [3.63, 3.8) is 0 Å². The Hall–Kier alpha value is -2.27. The quantitative estimate of drug-likeness (QED) is 0.660. The van der Waals surface area contributed by atoms with E-state index < -0.39 is 11.6 Å². The van der Waals surface area contributed by atoms with Gasteiger partial charge in [-0.2, -0.15) is 0 Å². The molecule has 0 fully saturated rings. The van der Waals surface area contributed by atoms with Crippen LogP contribution < -0.4 is 5.32 Å². The molecule has 0 amide bonds. The summed E-state index contributed by atoms with van der Waals surface area (Å²) in [5.74, 6) is -1.71. The predicted octanol–water partition coefficient (Wildman–Crippen LogP) is 5.76. The van der Waals surface area contributed by atoms with E-state index >= 15 is 0 Å². The van der Waals surface area contributed by atoms with E-state index in [2.05, 4.69) is 22.4 Å². The van der Waals surface area contributed by atoms with E-state index in [0.29, 0.717) is 11.3 Å². The zero-order valence-corrected chi connectivity index (χ0v) is 13.9. The third-order valence-corrected chi connectivity index (χ3v) is 4.51. The number of nitrogens with zero attached hydrogens (tertiary/aromatic N) is 1. The van der Waals surface area contributed by atoms with Crippen molar-refractivity contribution in [1.82, 2.24) is 4.98 Å². The lowest BCUT2D eigenvalue weighted by atomic mass is 10.1. The normalized spacial score (nSPS) is 10.8. The van der Waals surface area contributed by atoms with E-state index in [4.69, 9.17) is 0 Å². The first-order chi connectivity index (χ1) is 10.9. The number of aryl methyl sites for hydroxylation is 3. The third kappa shape index (κ3) is 3.24.